The average molecular weight is 387 g/mol. The van der Waals surface area contributed by atoms with Crippen molar-refractivity contribution in [2.45, 2.75) is 44.9 Å². The van der Waals surface area contributed by atoms with Crippen LogP contribution in [-0.2, 0) is 11.3 Å². The van der Waals surface area contributed by atoms with E-state index in [-0.39, 0.29) is 6.61 Å². The molecule has 0 spiro atoms. The Bertz CT molecular complexity index is 888. The van der Waals surface area contributed by atoms with E-state index in [4.69, 9.17) is 4.74 Å². The summed E-state index contributed by atoms with van der Waals surface area (Å²) in [5.74, 6) is 0.560. The first kappa shape index (κ1) is 20.2. The van der Waals surface area contributed by atoms with Gasteiger partial charge in [0, 0.05) is 6.54 Å². The predicted molar refractivity (Wildman–Crippen MR) is 103 cm³/mol. The molecule has 4 N–H and O–H groups in total. The number of aliphatic hydroxyl groups is 3. The summed E-state index contributed by atoms with van der Waals surface area (Å²) in [5, 5.41) is 32.6. The van der Waals surface area contributed by atoms with Gasteiger partial charge in [-0.3, -0.25) is 4.57 Å². The highest BCUT2D eigenvalue weighted by Crippen LogP contribution is 2.32. The molecule has 1 fully saturated rings. The van der Waals surface area contributed by atoms with Gasteiger partial charge in [0.2, 0.25) is 0 Å². The molecule has 9 heteroatoms. The molecular formula is C19H25N5O4. The monoisotopic (exact) mass is 387 g/mol. The quantitative estimate of drug-likeness (QED) is 0.512. The van der Waals surface area contributed by atoms with Gasteiger partial charge in [-0.05, 0) is 5.56 Å². The van der Waals surface area contributed by atoms with Gasteiger partial charge >= 0.3 is 0 Å². The number of hydrogen-bond acceptors (Lipinski definition) is 8. The second-order valence-corrected chi connectivity index (χ2v) is 6.11. The first-order valence-electron chi connectivity index (χ1n) is 9.27. The third kappa shape index (κ3) is 3.83. The lowest BCUT2D eigenvalue weighted by molar-refractivity contribution is -0.0511. The molecule has 150 valence electrons. The summed E-state index contributed by atoms with van der Waals surface area (Å²) in [7, 11) is 0. The van der Waals surface area contributed by atoms with Crippen molar-refractivity contribution in [1.82, 2.24) is 19.5 Å². The van der Waals surface area contributed by atoms with Gasteiger partial charge in [0.1, 0.15) is 24.6 Å². The highest BCUT2D eigenvalue weighted by molar-refractivity contribution is 5.82. The summed E-state index contributed by atoms with van der Waals surface area (Å²) >= 11 is 0. The van der Waals surface area contributed by atoms with E-state index in [2.05, 4.69) is 20.3 Å². The van der Waals surface area contributed by atoms with Gasteiger partial charge in [-0.25, -0.2) is 15.0 Å². The fourth-order valence-corrected chi connectivity index (χ4v) is 3.06. The van der Waals surface area contributed by atoms with Crippen LogP contribution >= 0.6 is 0 Å². The Balaban J connectivity index is 0.00000109. The Morgan fingerprint density at radius 3 is 2.50 bits per heavy atom. The van der Waals surface area contributed by atoms with Crippen LogP contribution in [0.5, 0.6) is 0 Å². The van der Waals surface area contributed by atoms with Crippen molar-refractivity contribution in [2.24, 2.45) is 0 Å². The van der Waals surface area contributed by atoms with Gasteiger partial charge < -0.3 is 25.4 Å². The van der Waals surface area contributed by atoms with Crippen molar-refractivity contribution in [3.8, 4) is 0 Å². The molecule has 0 bridgehead atoms. The van der Waals surface area contributed by atoms with Gasteiger partial charge in [-0.15, -0.1) is 0 Å². The van der Waals surface area contributed by atoms with Crippen LogP contribution in [0.3, 0.4) is 0 Å². The van der Waals surface area contributed by atoms with Crippen molar-refractivity contribution in [2.75, 3.05) is 11.9 Å². The van der Waals surface area contributed by atoms with Crippen LogP contribution < -0.4 is 5.32 Å². The molecule has 3 aromatic rings. The third-order valence-corrected chi connectivity index (χ3v) is 4.45. The molecule has 9 nitrogen and oxygen atoms in total. The first-order valence-corrected chi connectivity index (χ1v) is 9.27. The molecule has 1 aromatic carbocycles. The Morgan fingerprint density at radius 1 is 1.07 bits per heavy atom. The van der Waals surface area contributed by atoms with Crippen LogP contribution in [0.2, 0.25) is 0 Å². The van der Waals surface area contributed by atoms with E-state index >= 15 is 0 Å². The second kappa shape index (κ2) is 9.07. The molecule has 4 rings (SSSR count). The van der Waals surface area contributed by atoms with E-state index in [1.54, 1.807) is 0 Å². The smallest absolute Gasteiger partial charge is 0.167 e. The Hall–Kier alpha value is -2.59. The highest BCUT2D eigenvalue weighted by atomic mass is 16.6. The number of rotatable bonds is 5. The summed E-state index contributed by atoms with van der Waals surface area (Å²) in [6, 6.07) is 9.88. The zero-order valence-electron chi connectivity index (χ0n) is 15.8. The molecule has 1 saturated heterocycles. The summed E-state index contributed by atoms with van der Waals surface area (Å²) in [6.07, 6.45) is -1.24. The molecule has 1 aliphatic rings. The van der Waals surface area contributed by atoms with E-state index < -0.39 is 24.5 Å². The first-order chi connectivity index (χ1) is 13.7. The third-order valence-electron chi connectivity index (χ3n) is 4.45. The lowest BCUT2D eigenvalue weighted by atomic mass is 10.1. The molecule has 1 aliphatic heterocycles. The number of fused-ring (bicyclic) bond motifs is 1. The van der Waals surface area contributed by atoms with Gasteiger partial charge in [0.05, 0.1) is 12.9 Å². The zero-order valence-corrected chi connectivity index (χ0v) is 15.8. The van der Waals surface area contributed by atoms with Crippen molar-refractivity contribution < 1.29 is 20.1 Å². The number of nitrogens with one attached hydrogen (secondary N) is 1. The summed E-state index contributed by atoms with van der Waals surface area (Å²) in [4.78, 5) is 12.8. The molecule has 4 atom stereocenters. The number of ether oxygens (including phenoxy) is 1. The number of anilines is 1. The second-order valence-electron chi connectivity index (χ2n) is 6.11. The fourth-order valence-electron chi connectivity index (χ4n) is 3.06. The van der Waals surface area contributed by atoms with Crippen molar-refractivity contribution in [3.63, 3.8) is 0 Å². The van der Waals surface area contributed by atoms with Crippen LogP contribution in [0.1, 0.15) is 25.6 Å². The van der Waals surface area contributed by atoms with E-state index in [1.807, 2.05) is 44.2 Å². The van der Waals surface area contributed by atoms with Crippen LogP contribution in [0.15, 0.2) is 43.0 Å². The number of imidazole rings is 1. The Kier molecular flexibility index (Phi) is 6.53. The molecule has 28 heavy (non-hydrogen) atoms. The van der Waals surface area contributed by atoms with E-state index in [0.29, 0.717) is 23.5 Å². The minimum Gasteiger partial charge on any atom is -0.394 e. The molecule has 1 unspecified atom stereocenters. The molecule has 0 saturated carbocycles. The number of aromatic nitrogens is 4. The SMILES string of the molecule is CC.OC[C@H]1O[C@@H](n2cnc3c(NCc4ccccc4)ncnc32)[C@@H](O)C1O. The number of hydrogen-bond donors (Lipinski definition) is 4. The minimum atomic E-state index is -1.19. The van der Waals surface area contributed by atoms with E-state index in [1.165, 1.54) is 17.2 Å². The van der Waals surface area contributed by atoms with E-state index in [9.17, 15) is 15.3 Å². The lowest BCUT2D eigenvalue weighted by Crippen LogP contribution is -2.33. The molecule has 0 amide bonds. The van der Waals surface area contributed by atoms with Gasteiger partial charge in [-0.1, -0.05) is 44.2 Å². The summed E-state index contributed by atoms with van der Waals surface area (Å²) < 4.78 is 7.08. The predicted octanol–water partition coefficient (Wildman–Crippen LogP) is 1.08. The fraction of sp³-hybridized carbons (Fsp3) is 0.421. The van der Waals surface area contributed by atoms with E-state index in [0.717, 1.165) is 5.56 Å². The maximum atomic E-state index is 10.2. The largest absolute Gasteiger partial charge is 0.394 e. The van der Waals surface area contributed by atoms with Crippen molar-refractivity contribution in [1.29, 1.82) is 0 Å². The molecule has 3 heterocycles. The minimum absolute atomic E-state index is 0.389. The number of aliphatic hydroxyl groups excluding tert-OH is 3. The summed E-state index contributed by atoms with van der Waals surface area (Å²) in [6.45, 7) is 4.19. The van der Waals surface area contributed by atoms with Gasteiger partial charge in [-0.2, -0.15) is 0 Å². The van der Waals surface area contributed by atoms with Crippen LogP contribution in [0.25, 0.3) is 11.2 Å². The molecule has 0 aliphatic carbocycles. The average Bonchev–Trinajstić information content (AvgIpc) is 3.30. The van der Waals surface area contributed by atoms with Crippen molar-refractivity contribution >= 4 is 17.0 Å². The van der Waals surface area contributed by atoms with Gasteiger partial charge in [0.25, 0.3) is 0 Å². The molecular weight excluding hydrogens is 362 g/mol. The maximum absolute atomic E-state index is 10.2. The molecule has 0 radical (unpaired) electrons. The maximum Gasteiger partial charge on any atom is 0.167 e. The zero-order chi connectivity index (χ0) is 20.1. The normalized spacial score (nSPS) is 24.0. The topological polar surface area (TPSA) is 126 Å². The Morgan fingerprint density at radius 2 is 1.82 bits per heavy atom. The Labute approximate surface area is 162 Å². The molecule has 2 aromatic heterocycles. The number of benzene rings is 1. The standard InChI is InChI=1S/C17H19N5O4.C2H6/c23-7-11-13(24)14(25)17(26-11)22-9-21-12-15(19-8-20-16(12)22)18-6-10-4-2-1-3-5-10;1-2/h1-5,8-9,11,13-14,17,23-25H,6-7H2,(H,18,19,20);1-2H3/t11-,13?,14+,17-;/m1./s1. The van der Waals surface area contributed by atoms with Crippen molar-refractivity contribution in [3.05, 3.63) is 48.5 Å². The van der Waals surface area contributed by atoms with Crippen LogP contribution in [-0.4, -0.2) is 59.8 Å². The lowest BCUT2D eigenvalue weighted by Gasteiger charge is -2.16. The van der Waals surface area contributed by atoms with Crippen LogP contribution in [0.4, 0.5) is 5.82 Å². The summed E-state index contributed by atoms with van der Waals surface area (Å²) in [5.41, 5.74) is 2.09. The van der Waals surface area contributed by atoms with Crippen LogP contribution in [0, 0.1) is 0 Å². The highest BCUT2D eigenvalue weighted by Gasteiger charge is 2.44. The number of nitrogens with zero attached hydrogens (tertiary/aromatic N) is 4. The van der Waals surface area contributed by atoms with Gasteiger partial charge in [0.15, 0.2) is 23.2 Å².